The fraction of sp³-hybridized carbons (Fsp3) is 0.933. The molecule has 1 N–H and O–H groups in total. The molecule has 3 aliphatic rings. The third-order valence-electron chi connectivity index (χ3n) is 5.17. The van der Waals surface area contributed by atoms with Gasteiger partial charge in [-0.1, -0.05) is 13.8 Å². The lowest BCUT2D eigenvalue weighted by Gasteiger charge is -2.44. The Labute approximate surface area is 128 Å². The average Bonchev–Trinajstić information content (AvgIpc) is 3.00. The average molecular weight is 320 g/mol. The van der Waals surface area contributed by atoms with Gasteiger partial charge in [0.1, 0.15) is 5.60 Å². The third-order valence-corrected chi connectivity index (χ3v) is 5.17. The largest absolute Gasteiger partial charge is 0.390 e. The van der Waals surface area contributed by atoms with Crippen molar-refractivity contribution >= 4 is 5.91 Å². The molecule has 0 aromatic rings. The van der Waals surface area contributed by atoms with E-state index in [4.69, 9.17) is 0 Å². The van der Waals surface area contributed by atoms with Gasteiger partial charge in [0, 0.05) is 38.1 Å². The summed E-state index contributed by atoms with van der Waals surface area (Å²) in [6.07, 6.45) is -5.07. The number of carbonyl (C=O) groups is 1. The number of hydrogen-bond donors (Lipinski definition) is 1. The second-order valence-corrected chi connectivity index (χ2v) is 7.50. The molecule has 1 aliphatic carbocycles. The number of carbonyl (C=O) groups excluding carboxylic acids is 1. The van der Waals surface area contributed by atoms with Crippen LogP contribution in [0.5, 0.6) is 0 Å². The summed E-state index contributed by atoms with van der Waals surface area (Å²) in [7, 11) is 0. The minimum Gasteiger partial charge on any atom is -0.380 e. The Bertz CT molecular complexity index is 458. The standard InChI is InChI=1S/C15H23F3N2O2/c1-9-5-19(6-9)12(4-15(16,17)18)11-3-14(11,22)13(21)20-7-10(2)8-20/h9-12,22H,3-8H2,1-2H3. The SMILES string of the molecule is CC1CN(C(=O)C2(O)CC2C(CC(F)(F)F)N2CC(C)C2)C1. The summed E-state index contributed by atoms with van der Waals surface area (Å²) in [6, 6.07) is -0.774. The maximum absolute atomic E-state index is 12.8. The molecule has 0 spiro atoms. The molecule has 126 valence electrons. The quantitative estimate of drug-likeness (QED) is 0.853. The Morgan fingerprint density at radius 2 is 1.77 bits per heavy atom. The van der Waals surface area contributed by atoms with E-state index >= 15 is 0 Å². The van der Waals surface area contributed by atoms with Crippen LogP contribution in [0, 0.1) is 17.8 Å². The topological polar surface area (TPSA) is 43.8 Å². The molecule has 7 heteroatoms. The zero-order chi connectivity index (χ0) is 16.3. The van der Waals surface area contributed by atoms with E-state index in [0.29, 0.717) is 38.0 Å². The first-order valence-electron chi connectivity index (χ1n) is 7.92. The van der Waals surface area contributed by atoms with Gasteiger partial charge in [0.15, 0.2) is 0 Å². The minimum atomic E-state index is -4.28. The molecule has 2 heterocycles. The molecule has 0 aromatic carbocycles. The maximum Gasteiger partial charge on any atom is 0.390 e. The summed E-state index contributed by atoms with van der Waals surface area (Å²) >= 11 is 0. The van der Waals surface area contributed by atoms with E-state index < -0.39 is 30.2 Å². The van der Waals surface area contributed by atoms with Crippen LogP contribution in [0.2, 0.25) is 0 Å². The van der Waals surface area contributed by atoms with Crippen molar-refractivity contribution in [3.8, 4) is 0 Å². The zero-order valence-electron chi connectivity index (χ0n) is 12.9. The molecule has 3 rings (SSSR count). The van der Waals surface area contributed by atoms with E-state index in [9.17, 15) is 23.1 Å². The summed E-state index contributed by atoms with van der Waals surface area (Å²) in [5.74, 6) is -0.178. The van der Waals surface area contributed by atoms with Crippen molar-refractivity contribution in [2.75, 3.05) is 26.2 Å². The van der Waals surface area contributed by atoms with E-state index in [1.165, 1.54) is 0 Å². The molecular weight excluding hydrogens is 297 g/mol. The predicted molar refractivity (Wildman–Crippen MR) is 74.0 cm³/mol. The highest BCUT2D eigenvalue weighted by Crippen LogP contribution is 2.52. The van der Waals surface area contributed by atoms with Gasteiger partial charge < -0.3 is 10.0 Å². The molecule has 3 unspecified atom stereocenters. The lowest BCUT2D eigenvalue weighted by molar-refractivity contribution is -0.162. The van der Waals surface area contributed by atoms with E-state index in [1.54, 1.807) is 9.80 Å². The van der Waals surface area contributed by atoms with Gasteiger partial charge in [0.25, 0.3) is 5.91 Å². The van der Waals surface area contributed by atoms with Crippen LogP contribution in [0.3, 0.4) is 0 Å². The number of rotatable bonds is 4. The van der Waals surface area contributed by atoms with Crippen LogP contribution in [0.15, 0.2) is 0 Å². The zero-order valence-corrected chi connectivity index (χ0v) is 12.9. The molecule has 1 saturated carbocycles. The normalized spacial score (nSPS) is 35.0. The Morgan fingerprint density at radius 3 is 2.23 bits per heavy atom. The molecule has 1 amide bonds. The van der Waals surface area contributed by atoms with Gasteiger partial charge in [-0.3, -0.25) is 9.69 Å². The van der Waals surface area contributed by atoms with Gasteiger partial charge in [-0.05, 0) is 18.3 Å². The highest BCUT2D eigenvalue weighted by Gasteiger charge is 2.66. The van der Waals surface area contributed by atoms with Crippen molar-refractivity contribution in [3.05, 3.63) is 0 Å². The second kappa shape index (κ2) is 5.09. The molecule has 3 fully saturated rings. The summed E-state index contributed by atoms with van der Waals surface area (Å²) in [6.45, 7) is 6.42. The van der Waals surface area contributed by atoms with Gasteiger partial charge in [-0.2, -0.15) is 13.2 Å². The Balaban J connectivity index is 1.66. The van der Waals surface area contributed by atoms with Crippen molar-refractivity contribution in [1.29, 1.82) is 0 Å². The lowest BCUT2D eigenvalue weighted by Crippen LogP contribution is -2.57. The van der Waals surface area contributed by atoms with Gasteiger partial charge in [0.2, 0.25) is 0 Å². The Morgan fingerprint density at radius 1 is 1.23 bits per heavy atom. The number of halogens is 3. The number of alkyl halides is 3. The summed E-state index contributed by atoms with van der Waals surface area (Å²) in [5.41, 5.74) is -1.57. The van der Waals surface area contributed by atoms with Gasteiger partial charge in [-0.25, -0.2) is 0 Å². The van der Waals surface area contributed by atoms with Crippen LogP contribution < -0.4 is 0 Å². The lowest BCUT2D eigenvalue weighted by atomic mass is 9.93. The fourth-order valence-corrected chi connectivity index (χ4v) is 3.90. The van der Waals surface area contributed by atoms with Gasteiger partial charge >= 0.3 is 6.18 Å². The van der Waals surface area contributed by atoms with Crippen molar-refractivity contribution < 1.29 is 23.1 Å². The highest BCUT2D eigenvalue weighted by molar-refractivity contribution is 5.89. The monoisotopic (exact) mass is 320 g/mol. The van der Waals surface area contributed by atoms with E-state index in [-0.39, 0.29) is 12.3 Å². The molecule has 22 heavy (non-hydrogen) atoms. The molecule has 0 bridgehead atoms. The highest BCUT2D eigenvalue weighted by atomic mass is 19.4. The minimum absolute atomic E-state index is 0.155. The first-order chi connectivity index (χ1) is 10.1. The van der Waals surface area contributed by atoms with E-state index in [0.717, 1.165) is 0 Å². The molecule has 2 saturated heterocycles. The summed E-state index contributed by atoms with van der Waals surface area (Å²) in [5, 5.41) is 10.5. The van der Waals surface area contributed by atoms with Crippen LogP contribution in [0.1, 0.15) is 26.7 Å². The summed E-state index contributed by atoms with van der Waals surface area (Å²) in [4.78, 5) is 15.6. The number of likely N-dealkylation sites (tertiary alicyclic amines) is 2. The smallest absolute Gasteiger partial charge is 0.380 e. The van der Waals surface area contributed by atoms with Crippen LogP contribution >= 0.6 is 0 Å². The molecule has 0 radical (unpaired) electrons. The predicted octanol–water partition coefficient (Wildman–Crippen LogP) is 1.49. The maximum atomic E-state index is 12.8. The number of amides is 1. The first kappa shape index (κ1) is 16.1. The van der Waals surface area contributed by atoms with Crippen LogP contribution in [-0.4, -0.2) is 64.8 Å². The number of aliphatic hydroxyl groups is 1. The molecule has 3 atom stereocenters. The molecule has 2 aliphatic heterocycles. The van der Waals surface area contributed by atoms with Gasteiger partial charge in [0.05, 0.1) is 6.42 Å². The molecule has 0 aromatic heterocycles. The molecule has 4 nitrogen and oxygen atoms in total. The van der Waals surface area contributed by atoms with E-state index in [2.05, 4.69) is 0 Å². The van der Waals surface area contributed by atoms with Crippen molar-refractivity contribution in [1.82, 2.24) is 9.80 Å². The Kier molecular flexibility index (Phi) is 3.72. The van der Waals surface area contributed by atoms with Gasteiger partial charge in [-0.15, -0.1) is 0 Å². The van der Waals surface area contributed by atoms with E-state index in [1.807, 2.05) is 13.8 Å². The van der Waals surface area contributed by atoms with Crippen molar-refractivity contribution in [2.45, 2.75) is 44.5 Å². The first-order valence-corrected chi connectivity index (χ1v) is 7.92. The Hall–Kier alpha value is -0.820. The van der Waals surface area contributed by atoms with Crippen LogP contribution in [-0.2, 0) is 4.79 Å². The summed E-state index contributed by atoms with van der Waals surface area (Å²) < 4.78 is 38.5. The fourth-order valence-electron chi connectivity index (χ4n) is 3.90. The van der Waals surface area contributed by atoms with Crippen molar-refractivity contribution in [2.24, 2.45) is 17.8 Å². The second-order valence-electron chi connectivity index (χ2n) is 7.50. The van der Waals surface area contributed by atoms with Crippen LogP contribution in [0.25, 0.3) is 0 Å². The number of nitrogens with zero attached hydrogens (tertiary/aromatic N) is 2. The van der Waals surface area contributed by atoms with Crippen molar-refractivity contribution in [3.63, 3.8) is 0 Å². The molecular formula is C15H23F3N2O2. The van der Waals surface area contributed by atoms with Crippen LogP contribution in [0.4, 0.5) is 13.2 Å². The number of hydrogen-bond acceptors (Lipinski definition) is 3. The third kappa shape index (κ3) is 2.85.